The normalized spacial score (nSPS) is 10.5. The number of hydrogen-bond donors (Lipinski definition) is 0. The summed E-state index contributed by atoms with van der Waals surface area (Å²) in [6.07, 6.45) is 0.0981. The van der Waals surface area contributed by atoms with Crippen LogP contribution in [-0.4, -0.2) is 5.78 Å². The van der Waals surface area contributed by atoms with E-state index in [0.29, 0.717) is 5.02 Å². The van der Waals surface area contributed by atoms with Crippen molar-refractivity contribution in [1.29, 1.82) is 0 Å². The van der Waals surface area contributed by atoms with Gasteiger partial charge in [0.2, 0.25) is 0 Å². The molecule has 0 aliphatic rings. The summed E-state index contributed by atoms with van der Waals surface area (Å²) in [6, 6.07) is 8.98. The van der Waals surface area contributed by atoms with E-state index in [-0.39, 0.29) is 22.2 Å². The van der Waals surface area contributed by atoms with Crippen molar-refractivity contribution in [2.24, 2.45) is 0 Å². The van der Waals surface area contributed by atoms with E-state index >= 15 is 0 Å². The lowest BCUT2D eigenvalue weighted by Gasteiger charge is -2.05. The van der Waals surface area contributed by atoms with Crippen LogP contribution in [0.15, 0.2) is 40.9 Å². The van der Waals surface area contributed by atoms with Crippen LogP contribution in [0.2, 0.25) is 5.02 Å². The minimum Gasteiger partial charge on any atom is -0.294 e. The summed E-state index contributed by atoms with van der Waals surface area (Å²) in [7, 11) is 0. The molecule has 2 aromatic rings. The molecule has 0 fully saturated rings. The molecule has 0 aromatic heterocycles. The summed E-state index contributed by atoms with van der Waals surface area (Å²) >= 11 is 8.64. The topological polar surface area (TPSA) is 17.1 Å². The van der Waals surface area contributed by atoms with Gasteiger partial charge in [0.05, 0.1) is 4.47 Å². The summed E-state index contributed by atoms with van der Waals surface area (Å²) in [5.74, 6) is -2.34. The van der Waals surface area contributed by atoms with Gasteiger partial charge in [0.25, 0.3) is 0 Å². The van der Waals surface area contributed by atoms with E-state index in [1.807, 2.05) is 0 Å². The largest absolute Gasteiger partial charge is 0.294 e. The van der Waals surface area contributed by atoms with E-state index in [1.54, 1.807) is 24.3 Å². The van der Waals surface area contributed by atoms with Crippen molar-refractivity contribution in [2.45, 2.75) is 6.42 Å². The van der Waals surface area contributed by atoms with Crippen molar-refractivity contribution in [1.82, 2.24) is 0 Å². The van der Waals surface area contributed by atoms with Crippen LogP contribution in [0.1, 0.15) is 15.9 Å². The Hall–Kier alpha value is -1.26. The predicted molar refractivity (Wildman–Crippen MR) is 73.5 cm³/mol. The Kier molecular flexibility index (Phi) is 4.32. The maximum absolute atomic E-state index is 13.4. The van der Waals surface area contributed by atoms with Crippen LogP contribution in [0, 0.1) is 11.6 Å². The Morgan fingerprint density at radius 2 is 1.74 bits per heavy atom. The van der Waals surface area contributed by atoms with E-state index in [9.17, 15) is 13.6 Å². The monoisotopic (exact) mass is 344 g/mol. The molecule has 0 atom stereocenters. The fraction of sp³-hybridized carbons (Fsp3) is 0.0714. The van der Waals surface area contributed by atoms with Crippen LogP contribution in [-0.2, 0) is 6.42 Å². The lowest BCUT2D eigenvalue weighted by Crippen LogP contribution is -2.06. The predicted octanol–water partition coefficient (Wildman–Crippen LogP) is 4.81. The number of ketones is 1. The van der Waals surface area contributed by atoms with Crippen molar-refractivity contribution >= 4 is 33.3 Å². The fourth-order valence-electron chi connectivity index (χ4n) is 1.62. The van der Waals surface area contributed by atoms with Gasteiger partial charge in [0.15, 0.2) is 17.4 Å². The van der Waals surface area contributed by atoms with Crippen molar-refractivity contribution < 1.29 is 13.6 Å². The minimum absolute atomic E-state index is 0.0981. The smallest absolute Gasteiger partial charge is 0.173 e. The summed E-state index contributed by atoms with van der Waals surface area (Å²) in [6.45, 7) is 0. The Morgan fingerprint density at radius 3 is 2.37 bits per heavy atom. The molecule has 1 nitrogen and oxygen atoms in total. The highest BCUT2D eigenvalue weighted by atomic mass is 79.9. The molecule has 0 saturated heterocycles. The number of carbonyl (C=O) groups is 1. The molecule has 0 unspecified atom stereocenters. The van der Waals surface area contributed by atoms with E-state index < -0.39 is 11.6 Å². The molecular formula is C14H8BrClF2O. The molecule has 0 radical (unpaired) electrons. The van der Waals surface area contributed by atoms with E-state index in [1.165, 1.54) is 6.07 Å². The zero-order valence-electron chi connectivity index (χ0n) is 9.59. The van der Waals surface area contributed by atoms with Crippen molar-refractivity contribution in [3.63, 3.8) is 0 Å². The van der Waals surface area contributed by atoms with Gasteiger partial charge >= 0.3 is 0 Å². The molecule has 0 aliphatic heterocycles. The highest BCUT2D eigenvalue weighted by Gasteiger charge is 2.16. The van der Waals surface area contributed by atoms with Crippen LogP contribution in [0.3, 0.4) is 0 Å². The molecule has 0 heterocycles. The van der Waals surface area contributed by atoms with Crippen molar-refractivity contribution in [2.75, 3.05) is 0 Å². The summed E-state index contributed by atoms with van der Waals surface area (Å²) in [4.78, 5) is 12.0. The first-order chi connectivity index (χ1) is 8.99. The highest BCUT2D eigenvalue weighted by molar-refractivity contribution is 9.10. The number of halogens is 4. The van der Waals surface area contributed by atoms with Gasteiger partial charge in [-0.2, -0.15) is 0 Å². The van der Waals surface area contributed by atoms with Crippen LogP contribution >= 0.6 is 27.5 Å². The van der Waals surface area contributed by atoms with Crippen LogP contribution in [0.5, 0.6) is 0 Å². The van der Waals surface area contributed by atoms with Gasteiger partial charge in [-0.3, -0.25) is 4.79 Å². The van der Waals surface area contributed by atoms with E-state index in [4.69, 9.17) is 11.6 Å². The van der Waals surface area contributed by atoms with Crippen LogP contribution < -0.4 is 0 Å². The molecule has 5 heteroatoms. The second kappa shape index (κ2) is 5.80. The maximum atomic E-state index is 13.4. The lowest BCUT2D eigenvalue weighted by molar-refractivity contribution is 0.0991. The van der Waals surface area contributed by atoms with Crippen LogP contribution in [0.25, 0.3) is 0 Å². The fourth-order valence-corrected chi connectivity index (χ4v) is 2.29. The second-order valence-corrected chi connectivity index (χ2v) is 5.18. The molecule has 0 spiro atoms. The molecule has 0 N–H and O–H groups in total. The van der Waals surface area contributed by atoms with Crippen LogP contribution in [0.4, 0.5) is 8.78 Å². The van der Waals surface area contributed by atoms with Gasteiger partial charge in [-0.1, -0.05) is 23.7 Å². The highest BCUT2D eigenvalue weighted by Crippen LogP contribution is 2.24. The number of rotatable bonds is 3. The van der Waals surface area contributed by atoms with Gasteiger partial charge < -0.3 is 0 Å². The van der Waals surface area contributed by atoms with Crippen molar-refractivity contribution in [3.05, 3.63) is 68.7 Å². The van der Waals surface area contributed by atoms with E-state index in [0.717, 1.165) is 11.6 Å². The zero-order valence-corrected chi connectivity index (χ0v) is 11.9. The third-order valence-electron chi connectivity index (χ3n) is 2.61. The van der Waals surface area contributed by atoms with Gasteiger partial charge in [-0.05, 0) is 45.8 Å². The lowest BCUT2D eigenvalue weighted by atomic mass is 10.0. The first-order valence-electron chi connectivity index (χ1n) is 5.40. The molecule has 0 aliphatic carbocycles. The molecule has 19 heavy (non-hydrogen) atoms. The zero-order chi connectivity index (χ0) is 14.0. The Balaban J connectivity index is 2.25. The molecular weight excluding hydrogens is 338 g/mol. The molecule has 0 amide bonds. The number of Topliss-reactive ketones (excluding diaryl/α,β-unsaturated/α-hetero) is 1. The average Bonchev–Trinajstić information content (AvgIpc) is 2.39. The van der Waals surface area contributed by atoms with Gasteiger partial charge in [0.1, 0.15) is 0 Å². The second-order valence-electron chi connectivity index (χ2n) is 3.95. The first-order valence-corrected chi connectivity index (χ1v) is 6.57. The average molecular weight is 346 g/mol. The summed E-state index contributed by atoms with van der Waals surface area (Å²) in [5, 5.41) is 0.574. The Bertz CT molecular complexity index is 626. The molecule has 2 rings (SSSR count). The molecule has 0 bridgehead atoms. The SMILES string of the molecule is O=C(Cc1ccc(Cl)cc1)c1ccc(F)c(F)c1Br. The molecule has 0 saturated carbocycles. The Morgan fingerprint density at radius 1 is 1.11 bits per heavy atom. The quantitative estimate of drug-likeness (QED) is 0.576. The summed E-state index contributed by atoms with van der Waals surface area (Å²) < 4.78 is 26.2. The molecule has 98 valence electrons. The van der Waals surface area contributed by atoms with Crippen molar-refractivity contribution in [3.8, 4) is 0 Å². The van der Waals surface area contributed by atoms with Gasteiger partial charge in [-0.25, -0.2) is 8.78 Å². The standard InChI is InChI=1S/C14H8BrClF2O/c15-13-10(5-6-11(17)14(13)18)12(19)7-8-1-3-9(16)4-2-8/h1-6H,7H2. The first kappa shape index (κ1) is 14.2. The minimum atomic E-state index is -1.05. The number of carbonyl (C=O) groups excluding carboxylic acids is 1. The third-order valence-corrected chi connectivity index (χ3v) is 3.64. The Labute approximate surface area is 122 Å². The summed E-state index contributed by atoms with van der Waals surface area (Å²) in [5.41, 5.74) is 0.875. The maximum Gasteiger partial charge on any atom is 0.173 e. The van der Waals surface area contributed by atoms with E-state index in [2.05, 4.69) is 15.9 Å². The third kappa shape index (κ3) is 3.19. The van der Waals surface area contributed by atoms with Gasteiger partial charge in [0, 0.05) is 17.0 Å². The van der Waals surface area contributed by atoms with Gasteiger partial charge in [-0.15, -0.1) is 0 Å². The molecule has 2 aromatic carbocycles. The number of benzene rings is 2. The number of hydrogen-bond acceptors (Lipinski definition) is 1.